The number of carbonyl (C=O) groups is 1. The third-order valence-electron chi connectivity index (χ3n) is 4.12. The summed E-state index contributed by atoms with van der Waals surface area (Å²) in [6.45, 7) is 2.41. The van der Waals surface area contributed by atoms with E-state index in [9.17, 15) is 13.2 Å². The smallest absolute Gasteiger partial charge is 0.240 e. The minimum Gasteiger partial charge on any atom is -0.381 e. The van der Waals surface area contributed by atoms with Gasteiger partial charge in [0.1, 0.15) is 0 Å². The van der Waals surface area contributed by atoms with E-state index in [2.05, 4.69) is 4.72 Å². The summed E-state index contributed by atoms with van der Waals surface area (Å²) in [6, 6.07) is 6.48. The average Bonchev–Trinajstić information content (AvgIpc) is 3.17. The van der Waals surface area contributed by atoms with Gasteiger partial charge in [-0.25, -0.2) is 13.1 Å². The van der Waals surface area contributed by atoms with Crippen LogP contribution in [0.15, 0.2) is 29.2 Å². The summed E-state index contributed by atoms with van der Waals surface area (Å²) in [7, 11) is -3.51. The fourth-order valence-electron chi connectivity index (χ4n) is 2.78. The number of sulfonamides is 1. The first-order valence-corrected chi connectivity index (χ1v) is 9.02. The molecule has 1 aromatic carbocycles. The minimum absolute atomic E-state index is 0.0926. The molecule has 0 saturated carbocycles. The molecule has 2 heterocycles. The van der Waals surface area contributed by atoms with Gasteiger partial charge in [0.05, 0.1) is 11.5 Å². The Bertz CT molecular complexity index is 636. The largest absolute Gasteiger partial charge is 0.381 e. The normalized spacial score (nSPS) is 22.5. The van der Waals surface area contributed by atoms with Gasteiger partial charge in [0, 0.05) is 31.8 Å². The second kappa shape index (κ2) is 6.36. The van der Waals surface area contributed by atoms with Crippen LogP contribution in [0.1, 0.15) is 19.3 Å². The molecule has 1 aromatic rings. The molecule has 7 heteroatoms. The highest BCUT2D eigenvalue weighted by Gasteiger charge is 2.23. The SMILES string of the molecule is O=C1CCCN1c1ccc(S(=O)(=O)NC[C@H]2CCOC2)cc1. The third-order valence-corrected chi connectivity index (χ3v) is 5.56. The van der Waals surface area contributed by atoms with Crippen LogP contribution in [0.4, 0.5) is 5.69 Å². The van der Waals surface area contributed by atoms with Crippen LogP contribution in [-0.2, 0) is 19.6 Å². The van der Waals surface area contributed by atoms with Crippen molar-refractivity contribution in [3.8, 4) is 0 Å². The molecule has 2 saturated heterocycles. The van der Waals surface area contributed by atoms with Gasteiger partial charge < -0.3 is 9.64 Å². The van der Waals surface area contributed by atoms with Crippen molar-refractivity contribution in [1.29, 1.82) is 0 Å². The van der Waals surface area contributed by atoms with E-state index in [1.54, 1.807) is 29.2 Å². The molecule has 2 fully saturated rings. The summed E-state index contributed by atoms with van der Waals surface area (Å²) in [6.07, 6.45) is 2.30. The van der Waals surface area contributed by atoms with Crippen LogP contribution in [0.5, 0.6) is 0 Å². The highest BCUT2D eigenvalue weighted by atomic mass is 32.2. The zero-order valence-corrected chi connectivity index (χ0v) is 13.1. The summed E-state index contributed by atoms with van der Waals surface area (Å²) in [5, 5.41) is 0. The van der Waals surface area contributed by atoms with E-state index in [-0.39, 0.29) is 16.7 Å². The summed E-state index contributed by atoms with van der Waals surface area (Å²) in [5.41, 5.74) is 0.755. The van der Waals surface area contributed by atoms with Gasteiger partial charge in [-0.15, -0.1) is 0 Å². The van der Waals surface area contributed by atoms with Crippen LogP contribution < -0.4 is 9.62 Å². The minimum atomic E-state index is -3.51. The topological polar surface area (TPSA) is 75.7 Å². The number of anilines is 1. The van der Waals surface area contributed by atoms with E-state index in [0.717, 1.165) is 18.5 Å². The van der Waals surface area contributed by atoms with Crippen molar-refractivity contribution < 1.29 is 17.9 Å². The lowest BCUT2D eigenvalue weighted by atomic mass is 10.1. The number of ether oxygens (including phenoxy) is 1. The maximum absolute atomic E-state index is 12.3. The molecule has 1 amide bonds. The van der Waals surface area contributed by atoms with E-state index in [1.165, 1.54) is 0 Å². The van der Waals surface area contributed by atoms with Gasteiger partial charge in [-0.05, 0) is 43.0 Å². The molecule has 1 N–H and O–H groups in total. The second-order valence-electron chi connectivity index (χ2n) is 5.72. The lowest BCUT2D eigenvalue weighted by Gasteiger charge is -2.16. The maximum Gasteiger partial charge on any atom is 0.240 e. The molecule has 120 valence electrons. The zero-order valence-electron chi connectivity index (χ0n) is 12.3. The lowest BCUT2D eigenvalue weighted by molar-refractivity contribution is -0.117. The third kappa shape index (κ3) is 3.31. The average molecular weight is 324 g/mol. The fourth-order valence-corrected chi connectivity index (χ4v) is 3.90. The van der Waals surface area contributed by atoms with Crippen LogP contribution in [-0.4, -0.2) is 40.6 Å². The molecule has 0 radical (unpaired) electrons. The van der Waals surface area contributed by atoms with E-state index in [4.69, 9.17) is 4.74 Å². The van der Waals surface area contributed by atoms with Crippen molar-refractivity contribution in [3.63, 3.8) is 0 Å². The van der Waals surface area contributed by atoms with Crippen molar-refractivity contribution in [2.45, 2.75) is 24.2 Å². The molecular weight excluding hydrogens is 304 g/mol. The first kappa shape index (κ1) is 15.5. The Labute approximate surface area is 130 Å². The molecule has 0 spiro atoms. The van der Waals surface area contributed by atoms with E-state index in [1.807, 2.05) is 0 Å². The monoisotopic (exact) mass is 324 g/mol. The highest BCUT2D eigenvalue weighted by Crippen LogP contribution is 2.23. The van der Waals surface area contributed by atoms with Gasteiger partial charge in [0.25, 0.3) is 0 Å². The molecule has 0 aliphatic carbocycles. The highest BCUT2D eigenvalue weighted by molar-refractivity contribution is 7.89. The Hall–Kier alpha value is -1.44. The first-order valence-electron chi connectivity index (χ1n) is 7.54. The predicted molar refractivity (Wildman–Crippen MR) is 82.1 cm³/mol. The van der Waals surface area contributed by atoms with Crippen LogP contribution in [0.25, 0.3) is 0 Å². The van der Waals surface area contributed by atoms with Gasteiger partial charge >= 0.3 is 0 Å². The standard InChI is InChI=1S/C15H20N2O4S/c18-15-2-1-8-17(15)13-3-5-14(6-4-13)22(19,20)16-10-12-7-9-21-11-12/h3-6,12,16H,1-2,7-11H2/t12-/m1/s1. The Morgan fingerprint density at radius 1 is 1.27 bits per heavy atom. The van der Waals surface area contributed by atoms with Crippen LogP contribution in [0.3, 0.4) is 0 Å². The van der Waals surface area contributed by atoms with Crippen LogP contribution >= 0.6 is 0 Å². The summed E-state index contributed by atoms with van der Waals surface area (Å²) in [5.74, 6) is 0.339. The quantitative estimate of drug-likeness (QED) is 0.881. The van der Waals surface area contributed by atoms with E-state index >= 15 is 0 Å². The van der Waals surface area contributed by atoms with Crippen molar-refractivity contribution >= 4 is 21.6 Å². The maximum atomic E-state index is 12.3. The molecule has 6 nitrogen and oxygen atoms in total. The number of nitrogens with one attached hydrogen (secondary N) is 1. The summed E-state index contributed by atoms with van der Waals surface area (Å²) in [4.78, 5) is 13.6. The second-order valence-corrected chi connectivity index (χ2v) is 7.49. The molecule has 1 atom stereocenters. The number of hydrogen-bond donors (Lipinski definition) is 1. The van der Waals surface area contributed by atoms with Gasteiger partial charge in [0.15, 0.2) is 0 Å². The van der Waals surface area contributed by atoms with Crippen LogP contribution in [0, 0.1) is 5.92 Å². The Morgan fingerprint density at radius 2 is 2.05 bits per heavy atom. The van der Waals surface area contributed by atoms with Gasteiger partial charge in [-0.1, -0.05) is 0 Å². The van der Waals surface area contributed by atoms with E-state index < -0.39 is 10.0 Å². The fraction of sp³-hybridized carbons (Fsp3) is 0.533. The molecule has 2 aliphatic heterocycles. The Kier molecular flexibility index (Phi) is 4.46. The predicted octanol–water partition coefficient (Wildman–Crippen LogP) is 1.13. The van der Waals surface area contributed by atoms with Gasteiger partial charge in [0.2, 0.25) is 15.9 Å². The number of benzene rings is 1. The molecule has 0 aromatic heterocycles. The van der Waals surface area contributed by atoms with Crippen molar-refractivity contribution in [2.75, 3.05) is 31.2 Å². The number of amides is 1. The number of nitrogens with zero attached hydrogens (tertiary/aromatic N) is 1. The van der Waals surface area contributed by atoms with Crippen molar-refractivity contribution in [2.24, 2.45) is 5.92 Å². The van der Waals surface area contributed by atoms with Gasteiger partial charge in [-0.3, -0.25) is 4.79 Å². The summed E-state index contributed by atoms with van der Waals surface area (Å²) < 4.78 is 32.4. The van der Waals surface area contributed by atoms with Crippen molar-refractivity contribution in [1.82, 2.24) is 4.72 Å². The lowest BCUT2D eigenvalue weighted by Crippen LogP contribution is -2.29. The first-order chi connectivity index (χ1) is 10.6. The number of carbonyl (C=O) groups excluding carboxylic acids is 1. The Morgan fingerprint density at radius 3 is 2.64 bits per heavy atom. The molecular formula is C15H20N2O4S. The molecule has 0 unspecified atom stereocenters. The number of hydrogen-bond acceptors (Lipinski definition) is 4. The van der Waals surface area contributed by atoms with Crippen LogP contribution in [0.2, 0.25) is 0 Å². The zero-order chi connectivity index (χ0) is 15.6. The summed E-state index contributed by atoms with van der Waals surface area (Å²) >= 11 is 0. The van der Waals surface area contributed by atoms with E-state index in [0.29, 0.717) is 32.7 Å². The number of rotatable bonds is 5. The molecule has 2 aliphatic rings. The molecule has 0 bridgehead atoms. The van der Waals surface area contributed by atoms with Crippen molar-refractivity contribution in [3.05, 3.63) is 24.3 Å². The Balaban J connectivity index is 1.67. The molecule has 3 rings (SSSR count). The molecule has 22 heavy (non-hydrogen) atoms. The van der Waals surface area contributed by atoms with Gasteiger partial charge in [-0.2, -0.15) is 0 Å².